The van der Waals surface area contributed by atoms with Crippen LogP contribution in [0.1, 0.15) is 5.56 Å². The first-order valence-electron chi connectivity index (χ1n) is 3.00. The van der Waals surface area contributed by atoms with E-state index in [0.29, 0.717) is 0 Å². The number of hydrogen-bond donors (Lipinski definition) is 3. The fourth-order valence-electron chi connectivity index (χ4n) is 0.588. The molecule has 1 aromatic rings. The molecule has 4 nitrogen and oxygen atoms in total. The maximum absolute atomic E-state index is 5.13. The molecule has 0 spiro atoms. The van der Waals surface area contributed by atoms with Crippen LogP contribution in [0.5, 0.6) is 0 Å². The van der Waals surface area contributed by atoms with Crippen molar-refractivity contribution in [2.45, 2.75) is 0 Å². The average molecular weight is 168 g/mol. The second kappa shape index (κ2) is 3.72. The summed E-state index contributed by atoms with van der Waals surface area (Å²) in [5, 5.41) is 3.92. The van der Waals surface area contributed by atoms with Crippen LogP contribution in [0, 0.1) is 0 Å². The van der Waals surface area contributed by atoms with Gasteiger partial charge in [-0.2, -0.15) is 5.10 Å². The lowest BCUT2D eigenvalue weighted by Crippen LogP contribution is -2.23. The Morgan fingerprint density at radius 2 is 2.64 bits per heavy atom. The van der Waals surface area contributed by atoms with Gasteiger partial charge in [-0.25, -0.2) is 0 Å². The summed E-state index contributed by atoms with van der Waals surface area (Å²) in [7, 11) is 0. The molecule has 0 aliphatic heterocycles. The molecule has 1 rings (SSSR count). The van der Waals surface area contributed by atoms with Crippen LogP contribution in [0.2, 0.25) is 0 Å². The molecule has 0 radical (unpaired) electrons. The molecule has 4 N–H and O–H groups in total. The van der Waals surface area contributed by atoms with Gasteiger partial charge >= 0.3 is 0 Å². The highest BCUT2D eigenvalue weighted by Gasteiger charge is 1.84. The molecule has 1 aromatic heterocycles. The van der Waals surface area contributed by atoms with Crippen molar-refractivity contribution in [1.82, 2.24) is 10.4 Å². The van der Waals surface area contributed by atoms with E-state index in [0.717, 1.165) is 5.56 Å². The van der Waals surface area contributed by atoms with Crippen LogP contribution in [0.25, 0.3) is 0 Å². The van der Waals surface area contributed by atoms with E-state index in [1.165, 1.54) is 0 Å². The summed E-state index contributed by atoms with van der Waals surface area (Å²) < 4.78 is 0. The Morgan fingerprint density at radius 1 is 1.82 bits per heavy atom. The molecule has 5 heteroatoms. The Labute approximate surface area is 69.5 Å². The number of nitrogens with zero attached hydrogens (tertiary/aromatic N) is 1. The molecule has 0 saturated carbocycles. The Bertz CT molecular complexity index is 252. The average Bonchev–Trinajstić information content (AvgIpc) is 2.39. The summed E-state index contributed by atoms with van der Waals surface area (Å²) in [5.41, 5.74) is 8.55. The summed E-state index contributed by atoms with van der Waals surface area (Å²) >= 11 is 4.54. The van der Waals surface area contributed by atoms with Crippen molar-refractivity contribution < 1.29 is 0 Å². The number of rotatable bonds is 2. The predicted octanol–water partition coefficient (Wildman–Crippen LogP) is 0.182. The highest BCUT2D eigenvalue weighted by atomic mass is 32.1. The number of aromatic amines is 1. The van der Waals surface area contributed by atoms with Crippen LogP contribution in [0.4, 0.5) is 0 Å². The van der Waals surface area contributed by atoms with Crippen molar-refractivity contribution in [2.75, 3.05) is 0 Å². The van der Waals surface area contributed by atoms with E-state index in [1.54, 1.807) is 6.21 Å². The summed E-state index contributed by atoms with van der Waals surface area (Å²) in [6, 6.07) is 1.88. The van der Waals surface area contributed by atoms with Gasteiger partial charge in [0.15, 0.2) is 5.11 Å². The number of nitrogens with one attached hydrogen (secondary N) is 2. The minimum Gasteiger partial charge on any atom is -0.375 e. The maximum Gasteiger partial charge on any atom is 0.184 e. The highest BCUT2D eigenvalue weighted by molar-refractivity contribution is 7.80. The normalized spacial score (nSPS) is 10.2. The van der Waals surface area contributed by atoms with Crippen LogP contribution < -0.4 is 11.2 Å². The Hall–Kier alpha value is -1.36. The Morgan fingerprint density at radius 3 is 3.18 bits per heavy atom. The van der Waals surface area contributed by atoms with Gasteiger partial charge in [0.05, 0.1) is 6.21 Å². The number of hydrazone groups is 1. The molecule has 0 amide bonds. The van der Waals surface area contributed by atoms with Crippen molar-refractivity contribution in [1.29, 1.82) is 0 Å². The first-order chi connectivity index (χ1) is 5.29. The van der Waals surface area contributed by atoms with Crippen LogP contribution in [-0.4, -0.2) is 16.3 Å². The van der Waals surface area contributed by atoms with E-state index in [-0.39, 0.29) is 5.11 Å². The van der Waals surface area contributed by atoms with Gasteiger partial charge in [0.25, 0.3) is 0 Å². The number of hydrogen-bond acceptors (Lipinski definition) is 2. The van der Waals surface area contributed by atoms with Crippen molar-refractivity contribution >= 4 is 23.5 Å². The van der Waals surface area contributed by atoms with Gasteiger partial charge < -0.3 is 10.7 Å². The third-order valence-corrected chi connectivity index (χ3v) is 1.10. The maximum atomic E-state index is 5.13. The number of nitrogens with two attached hydrogens (primary N) is 1. The van der Waals surface area contributed by atoms with E-state index in [2.05, 4.69) is 27.7 Å². The van der Waals surface area contributed by atoms with Gasteiger partial charge in [-0.05, 0) is 18.3 Å². The van der Waals surface area contributed by atoms with Crippen LogP contribution in [0.3, 0.4) is 0 Å². The third-order valence-electron chi connectivity index (χ3n) is 1.01. The lowest BCUT2D eigenvalue weighted by molar-refractivity contribution is 1.04. The van der Waals surface area contributed by atoms with Crippen molar-refractivity contribution in [3.05, 3.63) is 24.0 Å². The monoisotopic (exact) mass is 168 g/mol. The fourth-order valence-corrected chi connectivity index (χ4v) is 0.640. The number of aromatic nitrogens is 1. The summed E-state index contributed by atoms with van der Waals surface area (Å²) in [6.07, 6.45) is 5.24. The first-order valence-corrected chi connectivity index (χ1v) is 3.41. The third kappa shape index (κ3) is 2.81. The predicted molar refractivity (Wildman–Crippen MR) is 48.3 cm³/mol. The quantitative estimate of drug-likeness (QED) is 0.335. The minimum atomic E-state index is 0.164. The molecule has 0 fully saturated rings. The molecule has 58 valence electrons. The van der Waals surface area contributed by atoms with Crippen LogP contribution in [0.15, 0.2) is 23.6 Å². The lowest BCUT2D eigenvalue weighted by Gasteiger charge is -1.91. The molecule has 0 atom stereocenters. The minimum absolute atomic E-state index is 0.164. The molecule has 0 aromatic carbocycles. The van der Waals surface area contributed by atoms with E-state index < -0.39 is 0 Å². The Kier molecular flexibility index (Phi) is 2.62. The van der Waals surface area contributed by atoms with Crippen LogP contribution >= 0.6 is 12.2 Å². The summed E-state index contributed by atoms with van der Waals surface area (Å²) in [6.45, 7) is 0. The number of H-pyrrole nitrogens is 1. The molecular weight excluding hydrogens is 160 g/mol. The molecular formula is C6H8N4S. The van der Waals surface area contributed by atoms with E-state index in [1.807, 2.05) is 18.5 Å². The van der Waals surface area contributed by atoms with Gasteiger partial charge in [-0.15, -0.1) is 0 Å². The van der Waals surface area contributed by atoms with E-state index >= 15 is 0 Å². The first kappa shape index (κ1) is 7.74. The zero-order valence-corrected chi connectivity index (χ0v) is 6.56. The van der Waals surface area contributed by atoms with Crippen LogP contribution in [-0.2, 0) is 0 Å². The molecule has 0 saturated heterocycles. The second-order valence-electron chi connectivity index (χ2n) is 1.88. The molecule has 0 bridgehead atoms. The van der Waals surface area contributed by atoms with Crippen molar-refractivity contribution in [3.8, 4) is 0 Å². The van der Waals surface area contributed by atoms with Gasteiger partial charge in [-0.1, -0.05) is 0 Å². The van der Waals surface area contributed by atoms with Crippen molar-refractivity contribution in [3.63, 3.8) is 0 Å². The molecule has 0 unspecified atom stereocenters. The van der Waals surface area contributed by atoms with Gasteiger partial charge in [0.1, 0.15) is 0 Å². The standard InChI is InChI=1S/C6H8N4S/c7-6(11)10-9-4-5-1-2-8-3-5/h1-4,8H,(H3,7,10,11). The van der Waals surface area contributed by atoms with Gasteiger partial charge in [0.2, 0.25) is 0 Å². The van der Waals surface area contributed by atoms with Gasteiger partial charge in [-0.3, -0.25) is 5.43 Å². The van der Waals surface area contributed by atoms with E-state index in [4.69, 9.17) is 5.73 Å². The van der Waals surface area contributed by atoms with Gasteiger partial charge in [0, 0.05) is 18.0 Å². The second-order valence-corrected chi connectivity index (χ2v) is 2.32. The topological polar surface area (TPSA) is 66.2 Å². The molecule has 0 aliphatic carbocycles. The zero-order chi connectivity index (χ0) is 8.10. The molecule has 1 heterocycles. The number of thiocarbonyl (C=S) groups is 1. The lowest BCUT2D eigenvalue weighted by atomic mass is 10.4. The Balaban J connectivity index is 2.43. The smallest absolute Gasteiger partial charge is 0.184 e. The summed E-state index contributed by atoms with van der Waals surface area (Å²) in [5.74, 6) is 0. The fraction of sp³-hybridized carbons (Fsp3) is 0. The largest absolute Gasteiger partial charge is 0.375 e. The highest BCUT2D eigenvalue weighted by Crippen LogP contribution is 1.89. The summed E-state index contributed by atoms with van der Waals surface area (Å²) in [4.78, 5) is 2.88. The molecule has 11 heavy (non-hydrogen) atoms. The van der Waals surface area contributed by atoms with E-state index in [9.17, 15) is 0 Å². The SMILES string of the molecule is NC(=S)NN=Cc1cc[nH]c1. The van der Waals surface area contributed by atoms with Crippen molar-refractivity contribution in [2.24, 2.45) is 10.8 Å². The zero-order valence-electron chi connectivity index (χ0n) is 5.74. The molecule has 0 aliphatic rings.